The zero-order chi connectivity index (χ0) is 19.5. The van der Waals surface area contributed by atoms with Gasteiger partial charge < -0.3 is 19.9 Å². The van der Waals surface area contributed by atoms with Crippen molar-refractivity contribution in [3.05, 3.63) is 42.4 Å². The number of rotatable bonds is 6. The van der Waals surface area contributed by atoms with Crippen molar-refractivity contribution < 1.29 is 14.6 Å². The normalized spacial score (nSPS) is 19.7. The summed E-state index contributed by atoms with van der Waals surface area (Å²) in [5, 5.41) is 17.6. The van der Waals surface area contributed by atoms with Crippen molar-refractivity contribution in [1.82, 2.24) is 19.9 Å². The van der Waals surface area contributed by atoms with E-state index < -0.39 is 0 Å². The number of methoxy groups -OCH3 is 2. The first-order chi connectivity index (χ1) is 13.7. The molecule has 0 aliphatic heterocycles. The number of aliphatic hydroxyl groups is 1. The molecular formula is C21H26N4O3. The predicted molar refractivity (Wildman–Crippen MR) is 107 cm³/mol. The lowest BCUT2D eigenvalue weighted by Gasteiger charge is -2.26. The fourth-order valence-electron chi connectivity index (χ4n) is 3.74. The van der Waals surface area contributed by atoms with Gasteiger partial charge in [-0.3, -0.25) is 0 Å². The molecule has 0 spiro atoms. The standard InChI is InChI=1S/C21H26N4O3/c1-27-19-8-3-14(11-20(19)28-2)18-13-23-25-10-9-16(24-21(18)25)12-22-15-4-6-17(26)7-5-15/h3,8-11,13,15,17,22,26H,4-7,12H2,1-2H3. The van der Waals surface area contributed by atoms with E-state index in [9.17, 15) is 5.11 Å². The Kier molecular flexibility index (Phi) is 5.45. The van der Waals surface area contributed by atoms with Crippen molar-refractivity contribution in [2.24, 2.45) is 0 Å². The fourth-order valence-corrected chi connectivity index (χ4v) is 3.74. The third kappa shape index (κ3) is 3.81. The minimum atomic E-state index is -0.136. The van der Waals surface area contributed by atoms with Gasteiger partial charge in [-0.2, -0.15) is 5.10 Å². The molecule has 28 heavy (non-hydrogen) atoms. The van der Waals surface area contributed by atoms with Gasteiger partial charge in [0.2, 0.25) is 0 Å². The number of ether oxygens (including phenoxy) is 2. The number of nitrogens with one attached hydrogen (secondary N) is 1. The molecule has 0 saturated heterocycles. The highest BCUT2D eigenvalue weighted by atomic mass is 16.5. The molecule has 1 saturated carbocycles. The molecule has 0 unspecified atom stereocenters. The maximum Gasteiger partial charge on any atom is 0.163 e. The molecule has 148 valence electrons. The molecule has 7 heteroatoms. The lowest BCUT2D eigenvalue weighted by molar-refractivity contribution is 0.116. The third-order valence-corrected chi connectivity index (χ3v) is 5.39. The first kappa shape index (κ1) is 18.7. The number of hydrogen-bond donors (Lipinski definition) is 2. The smallest absolute Gasteiger partial charge is 0.163 e. The van der Waals surface area contributed by atoms with Crippen LogP contribution in [-0.2, 0) is 6.54 Å². The highest BCUT2D eigenvalue weighted by Crippen LogP contribution is 2.33. The Morgan fingerprint density at radius 3 is 2.64 bits per heavy atom. The van der Waals surface area contributed by atoms with Crippen LogP contribution in [0.4, 0.5) is 0 Å². The van der Waals surface area contributed by atoms with E-state index in [2.05, 4.69) is 10.4 Å². The van der Waals surface area contributed by atoms with Gasteiger partial charge in [-0.15, -0.1) is 0 Å². The summed E-state index contributed by atoms with van der Waals surface area (Å²) in [4.78, 5) is 4.83. The van der Waals surface area contributed by atoms with E-state index >= 15 is 0 Å². The Morgan fingerprint density at radius 1 is 1.11 bits per heavy atom. The van der Waals surface area contributed by atoms with Crippen molar-refractivity contribution in [3.63, 3.8) is 0 Å². The summed E-state index contributed by atoms with van der Waals surface area (Å²) in [6.07, 6.45) is 7.38. The summed E-state index contributed by atoms with van der Waals surface area (Å²) in [6, 6.07) is 8.24. The highest BCUT2D eigenvalue weighted by Gasteiger charge is 2.19. The molecule has 2 aromatic heterocycles. The second-order valence-corrected chi connectivity index (χ2v) is 7.20. The average molecular weight is 382 g/mol. The maximum absolute atomic E-state index is 9.65. The van der Waals surface area contributed by atoms with Gasteiger partial charge in [0.05, 0.1) is 32.2 Å². The summed E-state index contributed by atoms with van der Waals surface area (Å²) in [6.45, 7) is 0.702. The largest absolute Gasteiger partial charge is 0.493 e. The summed E-state index contributed by atoms with van der Waals surface area (Å²) in [7, 11) is 3.25. The van der Waals surface area contributed by atoms with Crippen LogP contribution in [0.15, 0.2) is 36.7 Å². The van der Waals surface area contributed by atoms with Gasteiger partial charge in [-0.25, -0.2) is 9.50 Å². The summed E-state index contributed by atoms with van der Waals surface area (Å²) >= 11 is 0. The topological polar surface area (TPSA) is 80.9 Å². The van der Waals surface area contributed by atoms with E-state index in [-0.39, 0.29) is 6.10 Å². The van der Waals surface area contributed by atoms with Crippen molar-refractivity contribution in [3.8, 4) is 22.6 Å². The van der Waals surface area contributed by atoms with Gasteiger partial charge in [0.1, 0.15) is 0 Å². The van der Waals surface area contributed by atoms with E-state index in [0.29, 0.717) is 24.1 Å². The van der Waals surface area contributed by atoms with Crippen LogP contribution in [0.25, 0.3) is 16.8 Å². The Labute approximate surface area is 164 Å². The molecule has 1 aromatic carbocycles. The molecule has 0 amide bonds. The van der Waals surface area contributed by atoms with E-state index in [1.165, 1.54) is 0 Å². The number of nitrogens with zero attached hydrogens (tertiary/aromatic N) is 3. The van der Waals surface area contributed by atoms with Gasteiger partial charge in [0.25, 0.3) is 0 Å². The van der Waals surface area contributed by atoms with Crippen LogP contribution >= 0.6 is 0 Å². The molecule has 3 aromatic rings. The zero-order valence-corrected chi connectivity index (χ0v) is 16.3. The molecule has 7 nitrogen and oxygen atoms in total. The monoisotopic (exact) mass is 382 g/mol. The minimum Gasteiger partial charge on any atom is -0.493 e. The van der Waals surface area contributed by atoms with Crippen molar-refractivity contribution in [2.75, 3.05) is 14.2 Å². The Hall–Kier alpha value is -2.64. The minimum absolute atomic E-state index is 0.136. The molecule has 1 aliphatic carbocycles. The average Bonchev–Trinajstić information content (AvgIpc) is 3.16. The van der Waals surface area contributed by atoms with Crippen LogP contribution in [0, 0.1) is 0 Å². The van der Waals surface area contributed by atoms with Crippen LogP contribution in [0.2, 0.25) is 0 Å². The van der Waals surface area contributed by atoms with Gasteiger partial charge >= 0.3 is 0 Å². The quantitative estimate of drug-likeness (QED) is 0.682. The van der Waals surface area contributed by atoms with Crippen molar-refractivity contribution in [1.29, 1.82) is 0 Å². The van der Waals surface area contributed by atoms with Crippen molar-refractivity contribution in [2.45, 2.75) is 44.4 Å². The van der Waals surface area contributed by atoms with Gasteiger partial charge in [-0.05, 0) is 49.4 Å². The summed E-state index contributed by atoms with van der Waals surface area (Å²) in [5.41, 5.74) is 3.71. The highest BCUT2D eigenvalue weighted by molar-refractivity contribution is 5.78. The third-order valence-electron chi connectivity index (χ3n) is 5.39. The Morgan fingerprint density at radius 2 is 1.89 bits per heavy atom. The molecule has 2 N–H and O–H groups in total. The summed E-state index contributed by atoms with van der Waals surface area (Å²) < 4.78 is 12.5. The predicted octanol–water partition coefficient (Wildman–Crippen LogP) is 2.81. The number of fused-ring (bicyclic) bond motifs is 1. The Balaban J connectivity index is 1.56. The Bertz CT molecular complexity index is 948. The number of benzene rings is 1. The van der Waals surface area contributed by atoms with E-state index in [1.807, 2.05) is 36.7 Å². The molecule has 4 rings (SSSR count). The van der Waals surface area contributed by atoms with Crippen LogP contribution in [0.3, 0.4) is 0 Å². The zero-order valence-electron chi connectivity index (χ0n) is 16.3. The van der Waals surface area contributed by atoms with E-state index in [4.69, 9.17) is 14.5 Å². The fraction of sp³-hybridized carbons (Fsp3) is 0.429. The summed E-state index contributed by atoms with van der Waals surface area (Å²) in [5.74, 6) is 1.37. The molecule has 2 heterocycles. The second kappa shape index (κ2) is 8.16. The van der Waals surface area contributed by atoms with Crippen LogP contribution in [-0.4, -0.2) is 46.1 Å². The molecule has 1 aliphatic rings. The number of hydrogen-bond acceptors (Lipinski definition) is 6. The number of aliphatic hydroxyl groups excluding tert-OH is 1. The maximum atomic E-state index is 9.65. The van der Waals surface area contributed by atoms with E-state index in [1.54, 1.807) is 18.7 Å². The lowest BCUT2D eigenvalue weighted by Crippen LogP contribution is -2.34. The molecule has 1 fully saturated rings. The molecule has 0 bridgehead atoms. The van der Waals surface area contributed by atoms with E-state index in [0.717, 1.165) is 48.2 Å². The molecule has 0 atom stereocenters. The van der Waals surface area contributed by atoms with Crippen LogP contribution < -0.4 is 14.8 Å². The SMILES string of the molecule is COc1ccc(-c2cnn3ccc(CNC4CCC(O)CC4)nc23)cc1OC. The molecular weight excluding hydrogens is 356 g/mol. The first-order valence-corrected chi connectivity index (χ1v) is 9.65. The van der Waals surface area contributed by atoms with Crippen molar-refractivity contribution >= 4 is 5.65 Å². The second-order valence-electron chi connectivity index (χ2n) is 7.20. The molecule has 0 radical (unpaired) electrons. The van der Waals surface area contributed by atoms with Gasteiger partial charge in [0.15, 0.2) is 17.1 Å². The van der Waals surface area contributed by atoms with Crippen LogP contribution in [0.1, 0.15) is 31.4 Å². The van der Waals surface area contributed by atoms with Gasteiger partial charge in [-0.1, -0.05) is 6.07 Å². The number of aromatic nitrogens is 3. The van der Waals surface area contributed by atoms with Crippen LogP contribution in [0.5, 0.6) is 11.5 Å². The van der Waals surface area contributed by atoms with Gasteiger partial charge in [0, 0.05) is 24.3 Å². The first-order valence-electron chi connectivity index (χ1n) is 9.65. The lowest BCUT2D eigenvalue weighted by atomic mass is 9.93.